The molecular formula is C33H52NO2+. The van der Waals surface area contributed by atoms with E-state index in [1.165, 1.54) is 108 Å². The number of aryl methyl sites for hydroxylation is 1. The predicted molar refractivity (Wildman–Crippen MR) is 155 cm³/mol. The molecule has 0 fully saturated rings. The van der Waals surface area contributed by atoms with Gasteiger partial charge in [-0.25, -0.2) is 4.57 Å². The topological polar surface area (TPSA) is 22.3 Å². The smallest absolute Gasteiger partial charge is 0.169 e. The third-order valence-corrected chi connectivity index (χ3v) is 7.06. The SMILES string of the molecule is CCCCCCCCCCCCCCCCCC[n+]1ccc(C=Cc2ccc(OC)c(OC)c2)cc1. The average molecular weight is 495 g/mol. The van der Waals surface area contributed by atoms with Crippen molar-refractivity contribution >= 4 is 12.2 Å². The lowest BCUT2D eigenvalue weighted by Gasteiger charge is -2.07. The normalized spacial score (nSPS) is 11.3. The third kappa shape index (κ3) is 13.1. The monoisotopic (exact) mass is 494 g/mol. The summed E-state index contributed by atoms with van der Waals surface area (Å²) in [6.45, 7) is 3.40. The van der Waals surface area contributed by atoms with E-state index in [-0.39, 0.29) is 0 Å². The van der Waals surface area contributed by atoms with Gasteiger partial charge >= 0.3 is 0 Å². The van der Waals surface area contributed by atoms with Crippen molar-refractivity contribution in [2.24, 2.45) is 0 Å². The molecule has 200 valence electrons. The first-order chi connectivity index (χ1) is 17.8. The molecular weight excluding hydrogens is 442 g/mol. The van der Waals surface area contributed by atoms with Crippen LogP contribution in [0.25, 0.3) is 12.2 Å². The molecule has 0 bridgehead atoms. The highest BCUT2D eigenvalue weighted by molar-refractivity contribution is 5.70. The number of nitrogens with zero attached hydrogens (tertiary/aromatic N) is 1. The van der Waals surface area contributed by atoms with Gasteiger partial charge in [-0.05, 0) is 29.7 Å². The Kier molecular flexibility index (Phi) is 16.5. The molecule has 0 spiro atoms. The first-order valence-electron chi connectivity index (χ1n) is 14.7. The zero-order valence-electron chi connectivity index (χ0n) is 23.5. The lowest BCUT2D eigenvalue weighted by Crippen LogP contribution is -2.32. The number of methoxy groups -OCH3 is 2. The largest absolute Gasteiger partial charge is 0.493 e. The minimum absolute atomic E-state index is 0.754. The Morgan fingerprint density at radius 2 is 1.03 bits per heavy atom. The Bertz CT molecular complexity index is 828. The second-order valence-corrected chi connectivity index (χ2v) is 10.1. The fourth-order valence-corrected chi connectivity index (χ4v) is 4.72. The van der Waals surface area contributed by atoms with Crippen LogP contribution in [0.15, 0.2) is 42.7 Å². The van der Waals surface area contributed by atoms with Crippen molar-refractivity contribution in [3.05, 3.63) is 53.9 Å². The van der Waals surface area contributed by atoms with Crippen molar-refractivity contribution in [3.8, 4) is 11.5 Å². The summed E-state index contributed by atoms with van der Waals surface area (Å²) in [5, 5.41) is 0. The molecule has 0 aliphatic rings. The fourth-order valence-electron chi connectivity index (χ4n) is 4.72. The lowest BCUT2D eigenvalue weighted by molar-refractivity contribution is -0.697. The Hall–Kier alpha value is -2.29. The van der Waals surface area contributed by atoms with Gasteiger partial charge < -0.3 is 9.47 Å². The van der Waals surface area contributed by atoms with Crippen molar-refractivity contribution < 1.29 is 14.0 Å². The maximum absolute atomic E-state index is 5.39. The first kappa shape index (κ1) is 29.9. The van der Waals surface area contributed by atoms with Gasteiger partial charge in [-0.1, -0.05) is 115 Å². The number of aromatic nitrogens is 1. The average Bonchev–Trinajstić information content (AvgIpc) is 2.92. The van der Waals surface area contributed by atoms with Crippen molar-refractivity contribution in [1.82, 2.24) is 0 Å². The minimum Gasteiger partial charge on any atom is -0.493 e. The second-order valence-electron chi connectivity index (χ2n) is 10.1. The number of hydrogen-bond acceptors (Lipinski definition) is 2. The first-order valence-corrected chi connectivity index (χ1v) is 14.7. The van der Waals surface area contributed by atoms with Gasteiger partial charge in [0.2, 0.25) is 0 Å². The highest BCUT2D eigenvalue weighted by Crippen LogP contribution is 2.28. The summed E-state index contributed by atoms with van der Waals surface area (Å²) in [6.07, 6.45) is 31.3. The molecule has 0 radical (unpaired) electrons. The summed E-state index contributed by atoms with van der Waals surface area (Å²) in [5.41, 5.74) is 2.30. The molecule has 0 amide bonds. The molecule has 0 N–H and O–H groups in total. The quantitative estimate of drug-likeness (QED) is 0.127. The van der Waals surface area contributed by atoms with Crippen molar-refractivity contribution in [3.63, 3.8) is 0 Å². The third-order valence-electron chi connectivity index (χ3n) is 7.06. The maximum atomic E-state index is 5.39. The van der Waals surface area contributed by atoms with E-state index in [1.807, 2.05) is 18.2 Å². The van der Waals surface area contributed by atoms with E-state index in [1.54, 1.807) is 14.2 Å². The molecule has 0 aliphatic heterocycles. The number of ether oxygens (including phenoxy) is 2. The van der Waals surface area contributed by atoms with Gasteiger partial charge in [0.05, 0.1) is 14.2 Å². The van der Waals surface area contributed by atoms with Crippen molar-refractivity contribution in [1.29, 1.82) is 0 Å². The van der Waals surface area contributed by atoms with Crippen LogP contribution in [-0.4, -0.2) is 14.2 Å². The molecule has 0 saturated carbocycles. The van der Waals surface area contributed by atoms with Crippen LogP contribution >= 0.6 is 0 Å². The number of benzene rings is 1. The molecule has 1 heterocycles. The highest BCUT2D eigenvalue weighted by Gasteiger charge is 2.03. The molecule has 36 heavy (non-hydrogen) atoms. The lowest BCUT2D eigenvalue weighted by atomic mass is 10.0. The number of pyridine rings is 1. The summed E-state index contributed by atoms with van der Waals surface area (Å²) >= 11 is 0. The molecule has 3 heteroatoms. The molecule has 0 aliphatic carbocycles. The van der Waals surface area contributed by atoms with Gasteiger partial charge in [0.15, 0.2) is 23.9 Å². The minimum atomic E-state index is 0.754. The van der Waals surface area contributed by atoms with Crippen LogP contribution in [0.4, 0.5) is 0 Å². The summed E-state index contributed by atoms with van der Waals surface area (Å²) in [6, 6.07) is 10.3. The second kappa shape index (κ2) is 19.8. The van der Waals surface area contributed by atoms with Crippen LogP contribution in [-0.2, 0) is 6.54 Å². The zero-order chi connectivity index (χ0) is 25.7. The fraction of sp³-hybridized carbons (Fsp3) is 0.606. The standard InChI is InChI=1S/C33H52NO2/c1-4-5-6-7-8-9-10-11-12-13-14-15-16-17-18-19-26-34-27-24-30(25-28-34)20-21-31-22-23-32(35-2)33(29-31)36-3/h20-25,27-29H,4-19,26H2,1-3H3/q+1. The van der Waals surface area contributed by atoms with Gasteiger partial charge in [-0.15, -0.1) is 0 Å². The van der Waals surface area contributed by atoms with Gasteiger partial charge in [-0.2, -0.15) is 0 Å². The van der Waals surface area contributed by atoms with Crippen LogP contribution in [0.5, 0.6) is 11.5 Å². The zero-order valence-corrected chi connectivity index (χ0v) is 23.5. The molecule has 1 aromatic heterocycles. The van der Waals surface area contributed by atoms with E-state index in [0.29, 0.717) is 0 Å². The molecule has 0 atom stereocenters. The van der Waals surface area contributed by atoms with Crippen LogP contribution in [0.1, 0.15) is 121 Å². The predicted octanol–water partition coefficient (Wildman–Crippen LogP) is 9.42. The molecule has 2 aromatic rings. The van der Waals surface area contributed by atoms with Crippen LogP contribution in [0.3, 0.4) is 0 Å². The van der Waals surface area contributed by atoms with Crippen molar-refractivity contribution in [2.45, 2.75) is 116 Å². The Balaban J connectivity index is 1.48. The summed E-state index contributed by atoms with van der Waals surface area (Å²) in [5.74, 6) is 1.51. The number of unbranched alkanes of at least 4 members (excludes halogenated alkanes) is 15. The van der Waals surface area contributed by atoms with E-state index in [2.05, 4.69) is 48.2 Å². The summed E-state index contributed by atoms with van der Waals surface area (Å²) < 4.78 is 13.0. The molecule has 1 aromatic carbocycles. The molecule has 0 saturated heterocycles. The van der Waals surface area contributed by atoms with Gasteiger partial charge in [0.25, 0.3) is 0 Å². The van der Waals surface area contributed by atoms with E-state index < -0.39 is 0 Å². The highest BCUT2D eigenvalue weighted by atomic mass is 16.5. The van der Waals surface area contributed by atoms with Crippen LogP contribution < -0.4 is 14.0 Å². The van der Waals surface area contributed by atoms with E-state index >= 15 is 0 Å². The maximum Gasteiger partial charge on any atom is 0.169 e. The molecule has 2 rings (SSSR count). The van der Waals surface area contributed by atoms with E-state index in [9.17, 15) is 0 Å². The molecule has 3 nitrogen and oxygen atoms in total. The Morgan fingerprint density at radius 1 is 0.556 bits per heavy atom. The number of rotatable bonds is 21. The van der Waals surface area contributed by atoms with Gasteiger partial charge in [0.1, 0.15) is 6.54 Å². The van der Waals surface area contributed by atoms with E-state index in [4.69, 9.17) is 9.47 Å². The Morgan fingerprint density at radius 3 is 1.53 bits per heavy atom. The summed E-state index contributed by atoms with van der Waals surface area (Å²) in [7, 11) is 3.33. The van der Waals surface area contributed by atoms with Gasteiger partial charge in [0, 0.05) is 18.6 Å². The van der Waals surface area contributed by atoms with Crippen LogP contribution in [0, 0.1) is 0 Å². The summed E-state index contributed by atoms with van der Waals surface area (Å²) in [4.78, 5) is 0. The van der Waals surface area contributed by atoms with Crippen LogP contribution in [0.2, 0.25) is 0 Å². The Labute approximate surface area is 221 Å². The van der Waals surface area contributed by atoms with Gasteiger partial charge in [-0.3, -0.25) is 0 Å². The van der Waals surface area contributed by atoms with E-state index in [0.717, 1.165) is 23.6 Å². The van der Waals surface area contributed by atoms with Crippen molar-refractivity contribution in [2.75, 3.05) is 14.2 Å². The number of hydrogen-bond donors (Lipinski definition) is 0. The molecule has 0 unspecified atom stereocenters.